The van der Waals surface area contributed by atoms with Gasteiger partial charge in [0.05, 0.1) is 18.1 Å². The Morgan fingerprint density at radius 1 is 1.06 bits per heavy atom. The summed E-state index contributed by atoms with van der Waals surface area (Å²) >= 11 is 12.1. The van der Waals surface area contributed by atoms with E-state index in [1.54, 1.807) is 18.2 Å². The van der Waals surface area contributed by atoms with Gasteiger partial charge in [0.15, 0.2) is 11.5 Å². The summed E-state index contributed by atoms with van der Waals surface area (Å²) in [5.74, 6) is 1.98. The van der Waals surface area contributed by atoms with Crippen LogP contribution in [-0.4, -0.2) is 56.3 Å². The summed E-state index contributed by atoms with van der Waals surface area (Å²) in [6.45, 7) is 4.32. The van der Waals surface area contributed by atoms with Gasteiger partial charge in [-0.25, -0.2) is 0 Å². The normalized spacial score (nSPS) is 16.6. The second-order valence-corrected chi connectivity index (χ2v) is 8.97. The van der Waals surface area contributed by atoms with Gasteiger partial charge in [0.2, 0.25) is 5.91 Å². The number of ether oxygens (including phenoxy) is 3. The number of likely N-dealkylation sites (tertiary alicyclic amines) is 1. The maximum atomic E-state index is 12.7. The molecule has 0 bridgehead atoms. The Balaban J connectivity index is 1.34. The van der Waals surface area contributed by atoms with Gasteiger partial charge in [0.1, 0.15) is 19.0 Å². The highest BCUT2D eigenvalue weighted by Crippen LogP contribution is 2.31. The van der Waals surface area contributed by atoms with E-state index >= 15 is 0 Å². The molecule has 1 unspecified atom stereocenters. The fraction of sp³-hybridized carbons (Fsp3) is 0.458. The molecule has 0 radical (unpaired) electrons. The van der Waals surface area contributed by atoms with E-state index in [0.717, 1.165) is 43.1 Å². The fourth-order valence-electron chi connectivity index (χ4n) is 4.08. The van der Waals surface area contributed by atoms with Crippen LogP contribution in [0.2, 0.25) is 10.0 Å². The molecule has 1 atom stereocenters. The SMILES string of the molecule is O=C(CCOc1cc(Cl)ccc1Cl)NC(Cc1ccc2c(c1)OCCO2)CN1CCCC1. The van der Waals surface area contributed by atoms with Gasteiger partial charge in [-0.15, -0.1) is 0 Å². The van der Waals surface area contributed by atoms with Crippen molar-refractivity contribution in [3.8, 4) is 17.2 Å². The Labute approximate surface area is 198 Å². The molecule has 0 saturated carbocycles. The van der Waals surface area contributed by atoms with E-state index in [-0.39, 0.29) is 25.0 Å². The lowest BCUT2D eigenvalue weighted by atomic mass is 10.0. The monoisotopic (exact) mass is 478 g/mol. The Bertz CT molecular complexity index is 934. The molecule has 0 aromatic heterocycles. The first kappa shape index (κ1) is 23.0. The molecule has 2 aliphatic heterocycles. The second-order valence-electron chi connectivity index (χ2n) is 8.13. The molecule has 172 valence electrons. The molecule has 2 aliphatic rings. The highest BCUT2D eigenvalue weighted by molar-refractivity contribution is 6.34. The number of benzene rings is 2. The zero-order chi connectivity index (χ0) is 22.3. The highest BCUT2D eigenvalue weighted by Gasteiger charge is 2.21. The van der Waals surface area contributed by atoms with Crippen molar-refractivity contribution in [2.75, 3.05) is 39.5 Å². The molecule has 2 heterocycles. The first-order chi connectivity index (χ1) is 15.6. The fourth-order valence-corrected chi connectivity index (χ4v) is 4.41. The molecular weight excluding hydrogens is 451 g/mol. The number of amides is 1. The number of halogens is 2. The molecule has 4 rings (SSSR count). The summed E-state index contributed by atoms with van der Waals surface area (Å²) in [5.41, 5.74) is 1.11. The van der Waals surface area contributed by atoms with Crippen molar-refractivity contribution < 1.29 is 19.0 Å². The maximum Gasteiger partial charge on any atom is 0.223 e. The molecule has 2 aromatic carbocycles. The molecule has 0 spiro atoms. The van der Waals surface area contributed by atoms with Gasteiger partial charge in [-0.05, 0) is 62.2 Å². The van der Waals surface area contributed by atoms with Crippen LogP contribution < -0.4 is 19.5 Å². The average molecular weight is 479 g/mol. The van der Waals surface area contributed by atoms with Crippen LogP contribution in [0, 0.1) is 0 Å². The lowest BCUT2D eigenvalue weighted by Crippen LogP contribution is -2.44. The summed E-state index contributed by atoms with van der Waals surface area (Å²) < 4.78 is 17.0. The number of hydrogen-bond acceptors (Lipinski definition) is 5. The Hall–Kier alpha value is -2.15. The molecule has 8 heteroatoms. The summed E-state index contributed by atoms with van der Waals surface area (Å²) in [6.07, 6.45) is 3.37. The first-order valence-electron chi connectivity index (χ1n) is 11.0. The van der Waals surface area contributed by atoms with Crippen molar-refractivity contribution in [3.05, 3.63) is 52.0 Å². The van der Waals surface area contributed by atoms with Crippen molar-refractivity contribution in [1.82, 2.24) is 10.2 Å². The van der Waals surface area contributed by atoms with E-state index in [2.05, 4.69) is 10.2 Å². The first-order valence-corrected chi connectivity index (χ1v) is 11.8. The third-order valence-electron chi connectivity index (χ3n) is 5.61. The van der Waals surface area contributed by atoms with Gasteiger partial charge in [-0.3, -0.25) is 4.79 Å². The lowest BCUT2D eigenvalue weighted by molar-refractivity contribution is -0.122. The third kappa shape index (κ3) is 6.44. The molecule has 6 nitrogen and oxygen atoms in total. The summed E-state index contributed by atoms with van der Waals surface area (Å²) in [7, 11) is 0. The van der Waals surface area contributed by atoms with Crippen LogP contribution in [-0.2, 0) is 11.2 Å². The van der Waals surface area contributed by atoms with E-state index < -0.39 is 0 Å². The Morgan fingerprint density at radius 3 is 2.66 bits per heavy atom. The molecule has 32 heavy (non-hydrogen) atoms. The minimum atomic E-state index is -0.0510. The van der Waals surface area contributed by atoms with Crippen molar-refractivity contribution in [1.29, 1.82) is 0 Å². The highest BCUT2D eigenvalue weighted by atomic mass is 35.5. The minimum absolute atomic E-state index is 0.00193. The number of carbonyl (C=O) groups is 1. The van der Waals surface area contributed by atoms with Gasteiger partial charge in [-0.2, -0.15) is 0 Å². The van der Waals surface area contributed by atoms with Crippen LogP contribution in [0.15, 0.2) is 36.4 Å². The number of rotatable bonds is 9. The maximum absolute atomic E-state index is 12.7. The standard InChI is InChI=1S/C24H28Cl2N2O4/c25-18-4-5-20(26)22(15-18)30-10-7-24(29)27-19(16-28-8-1-2-9-28)13-17-3-6-21-23(14-17)32-12-11-31-21/h3-6,14-15,19H,1-2,7-13,16H2,(H,27,29). The molecule has 1 N–H and O–H groups in total. The van der Waals surface area contributed by atoms with Crippen LogP contribution in [0.25, 0.3) is 0 Å². The molecular formula is C24H28Cl2N2O4. The molecule has 2 aromatic rings. The topological polar surface area (TPSA) is 60.0 Å². The summed E-state index contributed by atoms with van der Waals surface area (Å²) in [5, 5.41) is 4.21. The molecule has 1 fully saturated rings. The molecule has 1 saturated heterocycles. The van der Waals surface area contributed by atoms with E-state index in [0.29, 0.717) is 29.0 Å². The van der Waals surface area contributed by atoms with Crippen molar-refractivity contribution in [3.63, 3.8) is 0 Å². The number of nitrogens with zero attached hydrogens (tertiary/aromatic N) is 1. The van der Waals surface area contributed by atoms with E-state index in [1.807, 2.05) is 18.2 Å². The van der Waals surface area contributed by atoms with E-state index in [1.165, 1.54) is 12.8 Å². The Kier molecular flexibility index (Phi) is 8.00. The van der Waals surface area contributed by atoms with E-state index in [4.69, 9.17) is 37.4 Å². The molecule has 1 amide bonds. The van der Waals surface area contributed by atoms with Crippen LogP contribution in [0.4, 0.5) is 0 Å². The van der Waals surface area contributed by atoms with Gasteiger partial charge < -0.3 is 24.4 Å². The summed E-state index contributed by atoms with van der Waals surface area (Å²) in [4.78, 5) is 15.1. The zero-order valence-corrected chi connectivity index (χ0v) is 19.5. The van der Waals surface area contributed by atoms with Crippen molar-refractivity contribution in [2.24, 2.45) is 0 Å². The average Bonchev–Trinajstić information content (AvgIpc) is 3.29. The van der Waals surface area contributed by atoms with Gasteiger partial charge >= 0.3 is 0 Å². The summed E-state index contributed by atoms with van der Waals surface area (Å²) in [6, 6.07) is 11.0. The van der Waals surface area contributed by atoms with Crippen molar-refractivity contribution in [2.45, 2.75) is 31.7 Å². The van der Waals surface area contributed by atoms with Crippen molar-refractivity contribution >= 4 is 29.1 Å². The smallest absolute Gasteiger partial charge is 0.223 e. The van der Waals surface area contributed by atoms with Crippen LogP contribution in [0.3, 0.4) is 0 Å². The van der Waals surface area contributed by atoms with Gasteiger partial charge in [-0.1, -0.05) is 29.3 Å². The Morgan fingerprint density at radius 2 is 1.84 bits per heavy atom. The number of carbonyl (C=O) groups excluding carboxylic acids is 1. The predicted molar refractivity (Wildman–Crippen MR) is 125 cm³/mol. The van der Waals surface area contributed by atoms with Gasteiger partial charge in [0.25, 0.3) is 0 Å². The van der Waals surface area contributed by atoms with Crippen LogP contribution in [0.5, 0.6) is 17.2 Å². The zero-order valence-electron chi connectivity index (χ0n) is 17.9. The number of hydrogen-bond donors (Lipinski definition) is 1. The largest absolute Gasteiger partial charge is 0.491 e. The predicted octanol–water partition coefficient (Wildman–Crippen LogP) is 4.36. The van der Waals surface area contributed by atoms with E-state index in [9.17, 15) is 4.79 Å². The molecule has 0 aliphatic carbocycles. The lowest BCUT2D eigenvalue weighted by Gasteiger charge is -2.25. The van der Waals surface area contributed by atoms with Crippen LogP contribution in [0.1, 0.15) is 24.8 Å². The van der Waals surface area contributed by atoms with Gasteiger partial charge in [0, 0.05) is 23.7 Å². The third-order valence-corrected chi connectivity index (χ3v) is 6.16. The number of nitrogens with one attached hydrogen (secondary N) is 1. The second kappa shape index (κ2) is 11.1. The number of fused-ring (bicyclic) bond motifs is 1. The minimum Gasteiger partial charge on any atom is -0.491 e. The quantitative estimate of drug-likeness (QED) is 0.580. The van der Waals surface area contributed by atoms with Crippen LogP contribution >= 0.6 is 23.2 Å².